The van der Waals surface area contributed by atoms with E-state index in [2.05, 4.69) is 20.7 Å². The lowest BCUT2D eigenvalue weighted by Crippen LogP contribution is -2.32. The van der Waals surface area contributed by atoms with Crippen LogP contribution in [0.5, 0.6) is 0 Å². The third-order valence-corrected chi connectivity index (χ3v) is 7.08. The summed E-state index contributed by atoms with van der Waals surface area (Å²) in [6, 6.07) is 3.35. The SMILES string of the molecule is Cc1c(N)cc(Br)cc1S(=O)(=O)NCC1CC2CCC1C2. The molecule has 3 unspecified atom stereocenters. The van der Waals surface area contributed by atoms with Gasteiger partial charge in [-0.1, -0.05) is 22.4 Å². The van der Waals surface area contributed by atoms with Crippen LogP contribution in [0.1, 0.15) is 31.2 Å². The summed E-state index contributed by atoms with van der Waals surface area (Å²) in [5.41, 5.74) is 6.96. The Balaban J connectivity index is 1.75. The van der Waals surface area contributed by atoms with Crippen LogP contribution in [0.3, 0.4) is 0 Å². The summed E-state index contributed by atoms with van der Waals surface area (Å²) in [6.07, 6.45) is 5.05. The van der Waals surface area contributed by atoms with E-state index in [1.807, 2.05) is 0 Å². The van der Waals surface area contributed by atoms with Gasteiger partial charge >= 0.3 is 0 Å². The molecular weight excluding hydrogens is 352 g/mol. The Morgan fingerprint density at radius 1 is 1.33 bits per heavy atom. The predicted molar refractivity (Wildman–Crippen MR) is 87.4 cm³/mol. The molecule has 1 aromatic rings. The van der Waals surface area contributed by atoms with Crippen molar-refractivity contribution in [1.82, 2.24) is 4.72 Å². The monoisotopic (exact) mass is 372 g/mol. The quantitative estimate of drug-likeness (QED) is 0.797. The van der Waals surface area contributed by atoms with Gasteiger partial charge in [-0.15, -0.1) is 0 Å². The third kappa shape index (κ3) is 2.98. The lowest BCUT2D eigenvalue weighted by atomic mass is 9.89. The minimum atomic E-state index is -3.50. The van der Waals surface area contributed by atoms with Crippen molar-refractivity contribution in [3.63, 3.8) is 0 Å². The lowest BCUT2D eigenvalue weighted by Gasteiger charge is -2.22. The zero-order valence-electron chi connectivity index (χ0n) is 12.1. The fraction of sp³-hybridized carbons (Fsp3) is 0.600. The van der Waals surface area contributed by atoms with Gasteiger partial charge in [0.2, 0.25) is 10.0 Å². The number of nitrogen functional groups attached to an aromatic ring is 1. The van der Waals surface area contributed by atoms with E-state index in [1.54, 1.807) is 19.1 Å². The van der Waals surface area contributed by atoms with Crippen molar-refractivity contribution in [3.05, 3.63) is 22.2 Å². The molecule has 2 bridgehead atoms. The largest absolute Gasteiger partial charge is 0.398 e. The van der Waals surface area contributed by atoms with Crippen LogP contribution in [0.4, 0.5) is 5.69 Å². The topological polar surface area (TPSA) is 72.2 Å². The van der Waals surface area contributed by atoms with E-state index < -0.39 is 10.0 Å². The molecule has 2 aliphatic rings. The lowest BCUT2D eigenvalue weighted by molar-refractivity contribution is 0.333. The summed E-state index contributed by atoms with van der Waals surface area (Å²) in [5, 5.41) is 0. The van der Waals surface area contributed by atoms with Crippen LogP contribution in [0.2, 0.25) is 0 Å². The first-order valence-electron chi connectivity index (χ1n) is 7.42. The number of fused-ring (bicyclic) bond motifs is 2. The van der Waals surface area contributed by atoms with Gasteiger partial charge in [-0.05, 0) is 61.6 Å². The van der Waals surface area contributed by atoms with Crippen LogP contribution in [0.25, 0.3) is 0 Å². The molecule has 0 amide bonds. The molecule has 0 radical (unpaired) electrons. The Morgan fingerprint density at radius 3 is 2.71 bits per heavy atom. The highest BCUT2D eigenvalue weighted by Crippen LogP contribution is 2.48. The van der Waals surface area contributed by atoms with Crippen LogP contribution in [-0.4, -0.2) is 15.0 Å². The molecule has 2 fully saturated rings. The van der Waals surface area contributed by atoms with Gasteiger partial charge < -0.3 is 5.73 Å². The maximum atomic E-state index is 12.5. The zero-order chi connectivity index (χ0) is 15.2. The molecule has 116 valence electrons. The van der Waals surface area contributed by atoms with Gasteiger partial charge in [0.1, 0.15) is 0 Å². The molecule has 0 saturated heterocycles. The van der Waals surface area contributed by atoms with Crippen molar-refractivity contribution in [2.45, 2.75) is 37.5 Å². The standard InChI is InChI=1S/C15H21BrN2O2S/c1-9-14(17)6-13(16)7-15(9)21(19,20)18-8-12-5-10-2-3-11(12)4-10/h6-7,10-12,18H,2-5,8,17H2,1H3. The summed E-state index contributed by atoms with van der Waals surface area (Å²) < 4.78 is 28.5. The Hall–Kier alpha value is -0.590. The first-order chi connectivity index (χ1) is 9.87. The smallest absolute Gasteiger partial charge is 0.240 e. The minimum Gasteiger partial charge on any atom is -0.398 e. The maximum Gasteiger partial charge on any atom is 0.240 e. The first-order valence-corrected chi connectivity index (χ1v) is 9.69. The predicted octanol–water partition coefficient (Wildman–Crippen LogP) is 3.05. The Kier molecular flexibility index (Phi) is 4.05. The summed E-state index contributed by atoms with van der Waals surface area (Å²) in [6.45, 7) is 2.29. The van der Waals surface area contributed by atoms with Crippen LogP contribution in [0.15, 0.2) is 21.5 Å². The van der Waals surface area contributed by atoms with E-state index in [-0.39, 0.29) is 4.90 Å². The molecule has 0 spiro atoms. The van der Waals surface area contributed by atoms with E-state index in [1.165, 1.54) is 25.7 Å². The Labute approximate surface area is 134 Å². The average molecular weight is 373 g/mol. The molecular formula is C15H21BrN2O2S. The molecule has 3 atom stereocenters. The third-order valence-electron chi connectivity index (χ3n) is 5.07. The van der Waals surface area contributed by atoms with Gasteiger partial charge in [0, 0.05) is 16.7 Å². The van der Waals surface area contributed by atoms with Crippen molar-refractivity contribution < 1.29 is 8.42 Å². The molecule has 2 saturated carbocycles. The molecule has 3 N–H and O–H groups in total. The summed E-state index contributed by atoms with van der Waals surface area (Å²) in [5.74, 6) is 2.04. The highest BCUT2D eigenvalue weighted by atomic mass is 79.9. The second-order valence-corrected chi connectivity index (χ2v) is 9.06. The summed E-state index contributed by atoms with van der Waals surface area (Å²) >= 11 is 3.31. The van der Waals surface area contributed by atoms with Crippen molar-refractivity contribution in [3.8, 4) is 0 Å². The van der Waals surface area contributed by atoms with E-state index in [0.29, 0.717) is 34.1 Å². The van der Waals surface area contributed by atoms with Crippen molar-refractivity contribution in [2.75, 3.05) is 12.3 Å². The fourth-order valence-corrected chi connectivity index (χ4v) is 5.89. The molecule has 2 aliphatic carbocycles. The Bertz CT molecular complexity index is 660. The zero-order valence-corrected chi connectivity index (χ0v) is 14.5. The normalized spacial score (nSPS) is 28.2. The van der Waals surface area contributed by atoms with Gasteiger partial charge in [0.15, 0.2) is 0 Å². The van der Waals surface area contributed by atoms with Crippen LogP contribution in [-0.2, 0) is 10.0 Å². The fourth-order valence-electron chi connectivity index (χ4n) is 3.87. The number of benzene rings is 1. The molecule has 6 heteroatoms. The van der Waals surface area contributed by atoms with Gasteiger partial charge in [-0.25, -0.2) is 13.1 Å². The summed E-state index contributed by atoms with van der Waals surface area (Å²) in [4.78, 5) is 0.275. The van der Waals surface area contributed by atoms with Gasteiger partial charge in [-0.3, -0.25) is 0 Å². The van der Waals surface area contributed by atoms with Crippen LogP contribution >= 0.6 is 15.9 Å². The number of sulfonamides is 1. The minimum absolute atomic E-state index is 0.275. The van der Waals surface area contributed by atoms with Gasteiger partial charge in [0.25, 0.3) is 0 Å². The number of hydrogen-bond donors (Lipinski definition) is 2. The molecule has 1 aromatic carbocycles. The molecule has 0 aliphatic heterocycles. The number of anilines is 1. The molecule has 0 aromatic heterocycles. The molecule has 4 nitrogen and oxygen atoms in total. The molecule has 21 heavy (non-hydrogen) atoms. The van der Waals surface area contributed by atoms with Gasteiger partial charge in [0.05, 0.1) is 4.90 Å². The summed E-state index contributed by atoms with van der Waals surface area (Å²) in [7, 11) is -3.50. The highest BCUT2D eigenvalue weighted by Gasteiger charge is 2.39. The first kappa shape index (κ1) is 15.3. The number of halogens is 1. The number of rotatable bonds is 4. The van der Waals surface area contributed by atoms with Gasteiger partial charge in [-0.2, -0.15) is 0 Å². The van der Waals surface area contributed by atoms with Crippen molar-refractivity contribution >= 4 is 31.6 Å². The maximum absolute atomic E-state index is 12.5. The van der Waals surface area contributed by atoms with Crippen LogP contribution < -0.4 is 10.5 Å². The number of hydrogen-bond acceptors (Lipinski definition) is 3. The molecule has 3 rings (SSSR count). The van der Waals surface area contributed by atoms with E-state index in [9.17, 15) is 8.42 Å². The van der Waals surface area contributed by atoms with E-state index >= 15 is 0 Å². The Morgan fingerprint density at radius 2 is 2.10 bits per heavy atom. The van der Waals surface area contributed by atoms with E-state index in [4.69, 9.17) is 5.73 Å². The molecule has 0 heterocycles. The number of nitrogens with two attached hydrogens (primary N) is 1. The highest BCUT2D eigenvalue weighted by molar-refractivity contribution is 9.10. The van der Waals surface area contributed by atoms with Crippen molar-refractivity contribution in [1.29, 1.82) is 0 Å². The van der Waals surface area contributed by atoms with E-state index in [0.717, 1.165) is 5.92 Å². The second kappa shape index (κ2) is 5.56. The average Bonchev–Trinajstić information content (AvgIpc) is 3.03. The second-order valence-electron chi connectivity index (χ2n) is 6.40. The van der Waals surface area contributed by atoms with Crippen LogP contribution in [0, 0.1) is 24.7 Å². The number of nitrogens with one attached hydrogen (secondary N) is 1. The van der Waals surface area contributed by atoms with Crippen molar-refractivity contribution in [2.24, 2.45) is 17.8 Å².